The number of hydrogen-bond donors (Lipinski definition) is 0. The number of hydrogen-bond acceptors (Lipinski definition) is 3. The Morgan fingerprint density at radius 1 is 1.53 bits per heavy atom. The predicted molar refractivity (Wildman–Crippen MR) is 62.6 cm³/mol. The average Bonchev–Trinajstić information content (AvgIpc) is 2.70. The van der Waals surface area contributed by atoms with Gasteiger partial charge in [-0.2, -0.15) is 5.26 Å². The van der Waals surface area contributed by atoms with Gasteiger partial charge in [0.05, 0.1) is 18.1 Å². The molecule has 82 valence electrons. The summed E-state index contributed by atoms with van der Waals surface area (Å²) in [5.74, 6) is 0. The van der Waals surface area contributed by atoms with E-state index in [9.17, 15) is 0 Å². The quantitative estimate of drug-likeness (QED) is 0.690. The van der Waals surface area contributed by atoms with Gasteiger partial charge in [0, 0.05) is 11.5 Å². The largest absolute Gasteiger partial charge is 0.376 e. The lowest BCUT2D eigenvalue weighted by atomic mass is 9.90. The molecular formula is C12H17NOS. The zero-order valence-electron chi connectivity index (χ0n) is 9.32. The van der Waals surface area contributed by atoms with Gasteiger partial charge in [-0.25, -0.2) is 0 Å². The number of nitrogens with zero attached hydrogens (tertiary/aromatic N) is 1. The van der Waals surface area contributed by atoms with E-state index in [0.717, 1.165) is 19.4 Å². The highest BCUT2D eigenvalue weighted by Crippen LogP contribution is 2.20. The monoisotopic (exact) mass is 223 g/mol. The van der Waals surface area contributed by atoms with Gasteiger partial charge in [-0.15, -0.1) is 11.3 Å². The van der Waals surface area contributed by atoms with Crippen molar-refractivity contribution in [1.29, 1.82) is 5.26 Å². The average molecular weight is 223 g/mol. The Morgan fingerprint density at radius 2 is 2.33 bits per heavy atom. The number of rotatable bonds is 6. The molecule has 0 aromatic carbocycles. The van der Waals surface area contributed by atoms with Crippen LogP contribution in [0.2, 0.25) is 0 Å². The van der Waals surface area contributed by atoms with Crippen LogP contribution in [-0.4, -0.2) is 6.61 Å². The molecule has 2 nitrogen and oxygen atoms in total. The Morgan fingerprint density at radius 3 is 2.93 bits per heavy atom. The molecule has 0 bridgehead atoms. The van der Waals surface area contributed by atoms with Gasteiger partial charge in [-0.1, -0.05) is 6.07 Å². The van der Waals surface area contributed by atoms with E-state index in [1.54, 1.807) is 11.3 Å². The highest BCUT2D eigenvalue weighted by atomic mass is 32.1. The summed E-state index contributed by atoms with van der Waals surface area (Å²) >= 11 is 1.71. The van der Waals surface area contributed by atoms with E-state index in [2.05, 4.69) is 17.5 Å². The van der Waals surface area contributed by atoms with Gasteiger partial charge in [0.2, 0.25) is 0 Å². The van der Waals surface area contributed by atoms with Crippen LogP contribution in [0.25, 0.3) is 0 Å². The van der Waals surface area contributed by atoms with E-state index < -0.39 is 0 Å². The third kappa shape index (κ3) is 4.96. The van der Waals surface area contributed by atoms with Crippen molar-refractivity contribution in [3.8, 4) is 6.07 Å². The highest BCUT2D eigenvalue weighted by molar-refractivity contribution is 7.09. The summed E-state index contributed by atoms with van der Waals surface area (Å²) in [6, 6.07) is 6.40. The minimum atomic E-state index is -0.216. The molecule has 0 atom stereocenters. The second-order valence-electron chi connectivity index (χ2n) is 4.23. The molecule has 0 N–H and O–H groups in total. The SMILES string of the molecule is CC(C)(C#N)CCCOCc1cccs1. The lowest BCUT2D eigenvalue weighted by Crippen LogP contribution is -2.09. The van der Waals surface area contributed by atoms with Crippen LogP contribution in [-0.2, 0) is 11.3 Å². The van der Waals surface area contributed by atoms with Crippen LogP contribution in [0.4, 0.5) is 0 Å². The van der Waals surface area contributed by atoms with Crippen LogP contribution in [0.1, 0.15) is 31.6 Å². The Labute approximate surface area is 95.5 Å². The van der Waals surface area contributed by atoms with Gasteiger partial charge in [-0.05, 0) is 38.1 Å². The first kappa shape index (κ1) is 12.2. The van der Waals surface area contributed by atoms with Crippen LogP contribution in [0.15, 0.2) is 17.5 Å². The van der Waals surface area contributed by atoms with Crippen molar-refractivity contribution < 1.29 is 4.74 Å². The van der Waals surface area contributed by atoms with Crippen molar-refractivity contribution in [1.82, 2.24) is 0 Å². The summed E-state index contributed by atoms with van der Waals surface area (Å²) in [7, 11) is 0. The third-order valence-corrected chi connectivity index (χ3v) is 3.07. The van der Waals surface area contributed by atoms with Gasteiger partial charge < -0.3 is 4.74 Å². The van der Waals surface area contributed by atoms with E-state index in [1.807, 2.05) is 19.9 Å². The Kier molecular flexibility index (Phi) is 4.80. The molecule has 1 aromatic heterocycles. The molecule has 0 saturated heterocycles. The molecule has 15 heavy (non-hydrogen) atoms. The zero-order chi connectivity index (χ0) is 11.1. The number of thiophene rings is 1. The number of ether oxygens (including phenoxy) is 1. The third-order valence-electron chi connectivity index (χ3n) is 2.22. The maximum absolute atomic E-state index is 8.81. The summed E-state index contributed by atoms with van der Waals surface area (Å²) in [6.07, 6.45) is 1.85. The molecule has 0 fully saturated rings. The molecule has 1 aromatic rings. The molecule has 0 aliphatic carbocycles. The fourth-order valence-corrected chi connectivity index (χ4v) is 1.88. The highest BCUT2D eigenvalue weighted by Gasteiger charge is 2.15. The molecule has 0 aliphatic heterocycles. The molecule has 3 heteroatoms. The molecule has 0 aliphatic rings. The van der Waals surface area contributed by atoms with Crippen LogP contribution in [0.3, 0.4) is 0 Å². The normalized spacial score (nSPS) is 11.3. The summed E-state index contributed by atoms with van der Waals surface area (Å²) in [5.41, 5.74) is -0.216. The van der Waals surface area contributed by atoms with Crippen molar-refractivity contribution in [2.24, 2.45) is 5.41 Å². The van der Waals surface area contributed by atoms with Crippen molar-refractivity contribution >= 4 is 11.3 Å². The Balaban J connectivity index is 2.06. The van der Waals surface area contributed by atoms with Crippen LogP contribution in [0.5, 0.6) is 0 Å². The van der Waals surface area contributed by atoms with Gasteiger partial charge in [0.25, 0.3) is 0 Å². The summed E-state index contributed by atoms with van der Waals surface area (Å²) in [5, 5.41) is 10.9. The van der Waals surface area contributed by atoms with Gasteiger partial charge >= 0.3 is 0 Å². The lowest BCUT2D eigenvalue weighted by molar-refractivity contribution is 0.114. The molecule has 0 saturated carbocycles. The molecule has 0 spiro atoms. The fraction of sp³-hybridized carbons (Fsp3) is 0.583. The van der Waals surface area contributed by atoms with E-state index in [1.165, 1.54) is 4.88 Å². The standard InChI is InChI=1S/C12H17NOS/c1-12(2,10-13)6-4-7-14-9-11-5-3-8-15-11/h3,5,8H,4,6-7,9H2,1-2H3. The van der Waals surface area contributed by atoms with Crippen molar-refractivity contribution in [3.63, 3.8) is 0 Å². The van der Waals surface area contributed by atoms with Crippen LogP contribution < -0.4 is 0 Å². The van der Waals surface area contributed by atoms with Gasteiger partial charge in [-0.3, -0.25) is 0 Å². The molecule has 0 radical (unpaired) electrons. The van der Waals surface area contributed by atoms with E-state index in [4.69, 9.17) is 10.00 Å². The van der Waals surface area contributed by atoms with Crippen LogP contribution >= 0.6 is 11.3 Å². The maximum atomic E-state index is 8.81. The first-order valence-electron chi connectivity index (χ1n) is 5.15. The summed E-state index contributed by atoms with van der Waals surface area (Å²) < 4.78 is 5.52. The molecule has 0 unspecified atom stereocenters. The number of nitriles is 1. The van der Waals surface area contributed by atoms with E-state index in [0.29, 0.717) is 6.61 Å². The summed E-state index contributed by atoms with van der Waals surface area (Å²) in [6.45, 7) is 5.37. The molecule has 1 heterocycles. The Bertz CT molecular complexity index is 311. The lowest BCUT2D eigenvalue weighted by Gasteiger charge is -2.14. The first-order valence-corrected chi connectivity index (χ1v) is 6.03. The van der Waals surface area contributed by atoms with Crippen molar-refractivity contribution in [3.05, 3.63) is 22.4 Å². The fourth-order valence-electron chi connectivity index (χ4n) is 1.24. The molecule has 1 rings (SSSR count). The minimum absolute atomic E-state index is 0.216. The van der Waals surface area contributed by atoms with Gasteiger partial charge in [0.1, 0.15) is 0 Å². The zero-order valence-corrected chi connectivity index (χ0v) is 10.1. The molecular weight excluding hydrogens is 206 g/mol. The maximum Gasteiger partial charge on any atom is 0.0809 e. The van der Waals surface area contributed by atoms with E-state index >= 15 is 0 Å². The Hall–Kier alpha value is -0.850. The summed E-state index contributed by atoms with van der Waals surface area (Å²) in [4.78, 5) is 1.26. The second-order valence-corrected chi connectivity index (χ2v) is 5.26. The first-order chi connectivity index (χ1) is 7.14. The van der Waals surface area contributed by atoms with Crippen LogP contribution in [0, 0.1) is 16.7 Å². The van der Waals surface area contributed by atoms with Gasteiger partial charge in [0.15, 0.2) is 0 Å². The topological polar surface area (TPSA) is 33.0 Å². The van der Waals surface area contributed by atoms with Crippen molar-refractivity contribution in [2.75, 3.05) is 6.61 Å². The van der Waals surface area contributed by atoms with E-state index in [-0.39, 0.29) is 5.41 Å². The van der Waals surface area contributed by atoms with Crippen molar-refractivity contribution in [2.45, 2.75) is 33.3 Å². The smallest absolute Gasteiger partial charge is 0.0809 e. The molecule has 0 amide bonds. The second kappa shape index (κ2) is 5.89. The predicted octanol–water partition coefficient (Wildman–Crippen LogP) is 3.59. The minimum Gasteiger partial charge on any atom is -0.376 e.